The van der Waals surface area contributed by atoms with Gasteiger partial charge in [-0.3, -0.25) is 14.5 Å². The van der Waals surface area contributed by atoms with Crippen LogP contribution in [0, 0.1) is 0 Å². The minimum absolute atomic E-state index is 0.273. The molecule has 6 heteroatoms. The number of carbonyl (C=O) groups excluding carboxylic acids is 2. The molecular formula is C17H17N3O2S. The monoisotopic (exact) mass is 327 g/mol. The maximum absolute atomic E-state index is 12.4. The average Bonchev–Trinajstić information content (AvgIpc) is 3.12. The lowest BCUT2D eigenvalue weighted by atomic mass is 10.2. The fourth-order valence-electron chi connectivity index (χ4n) is 2.39. The molecule has 0 bridgehead atoms. The molecule has 3 rings (SSSR count). The Morgan fingerprint density at radius 1 is 1.04 bits per heavy atom. The molecule has 1 aromatic heterocycles. The molecule has 0 radical (unpaired) electrons. The Labute approximate surface area is 138 Å². The van der Waals surface area contributed by atoms with Gasteiger partial charge in [0.2, 0.25) is 0 Å². The van der Waals surface area contributed by atoms with Crippen LogP contribution in [0.15, 0.2) is 47.5 Å². The molecule has 0 spiro atoms. The quantitative estimate of drug-likeness (QED) is 0.877. The molecule has 23 heavy (non-hydrogen) atoms. The van der Waals surface area contributed by atoms with Crippen molar-refractivity contribution < 1.29 is 9.59 Å². The molecule has 2 aromatic rings. The highest BCUT2D eigenvalue weighted by atomic mass is 32.1. The molecule has 0 saturated heterocycles. The molecule has 0 unspecified atom stereocenters. The van der Waals surface area contributed by atoms with E-state index in [0.29, 0.717) is 11.3 Å². The number of amides is 2. The summed E-state index contributed by atoms with van der Waals surface area (Å²) in [6.07, 6.45) is 0. The van der Waals surface area contributed by atoms with Crippen LogP contribution in [0.2, 0.25) is 0 Å². The maximum atomic E-state index is 12.4. The molecule has 1 N–H and O–H groups in total. The maximum Gasteiger partial charge on any atom is 0.277 e. The Hall–Kier alpha value is -2.60. The summed E-state index contributed by atoms with van der Waals surface area (Å²) >= 11 is 1.44. The summed E-state index contributed by atoms with van der Waals surface area (Å²) in [7, 11) is 5.43. The number of imide groups is 1. The van der Waals surface area contributed by atoms with E-state index in [4.69, 9.17) is 0 Å². The Bertz CT molecular complexity index is 777. The van der Waals surface area contributed by atoms with Crippen molar-refractivity contribution in [3.63, 3.8) is 0 Å². The minimum atomic E-state index is -0.310. The van der Waals surface area contributed by atoms with Gasteiger partial charge < -0.3 is 10.2 Å². The summed E-state index contributed by atoms with van der Waals surface area (Å²) in [5.74, 6) is -0.583. The third-order valence-electron chi connectivity index (χ3n) is 3.71. The number of nitrogens with one attached hydrogen (secondary N) is 1. The molecule has 1 aliphatic heterocycles. The summed E-state index contributed by atoms with van der Waals surface area (Å²) in [6.45, 7) is 0. The van der Waals surface area contributed by atoms with Crippen LogP contribution in [0.3, 0.4) is 0 Å². The van der Waals surface area contributed by atoms with Gasteiger partial charge in [-0.15, -0.1) is 11.3 Å². The number of nitrogens with zero attached hydrogens (tertiary/aromatic N) is 2. The summed E-state index contributed by atoms with van der Waals surface area (Å²) in [4.78, 5) is 28.7. The molecular weight excluding hydrogens is 310 g/mol. The van der Waals surface area contributed by atoms with Crippen LogP contribution in [0.5, 0.6) is 0 Å². The van der Waals surface area contributed by atoms with Gasteiger partial charge in [-0.05, 0) is 35.7 Å². The number of rotatable bonds is 4. The van der Waals surface area contributed by atoms with Gasteiger partial charge >= 0.3 is 0 Å². The topological polar surface area (TPSA) is 52.7 Å². The fourth-order valence-corrected chi connectivity index (χ4v) is 3.16. The smallest absolute Gasteiger partial charge is 0.277 e. The predicted molar refractivity (Wildman–Crippen MR) is 93.4 cm³/mol. The number of anilines is 2. The molecule has 0 atom stereocenters. The molecule has 0 fully saturated rings. The first-order chi connectivity index (χ1) is 11.0. The van der Waals surface area contributed by atoms with Gasteiger partial charge in [-0.2, -0.15) is 0 Å². The normalized spacial score (nSPS) is 14.7. The van der Waals surface area contributed by atoms with E-state index in [0.717, 1.165) is 21.2 Å². The van der Waals surface area contributed by atoms with Gasteiger partial charge in [0.1, 0.15) is 5.70 Å². The van der Waals surface area contributed by atoms with Crippen LogP contribution in [0.4, 0.5) is 11.4 Å². The Morgan fingerprint density at radius 2 is 1.74 bits per heavy atom. The SMILES string of the molecule is CN1C(=O)C(Nc2ccc(N(C)C)cc2)=C(c2cccs2)C1=O. The summed E-state index contributed by atoms with van der Waals surface area (Å²) < 4.78 is 0. The molecule has 2 heterocycles. The van der Waals surface area contributed by atoms with E-state index in [9.17, 15) is 9.59 Å². The zero-order valence-corrected chi connectivity index (χ0v) is 14.0. The third kappa shape index (κ3) is 2.73. The Balaban J connectivity index is 1.98. The van der Waals surface area contributed by atoms with Crippen molar-refractivity contribution in [1.29, 1.82) is 0 Å². The van der Waals surface area contributed by atoms with Gasteiger partial charge in [0.15, 0.2) is 0 Å². The molecule has 0 saturated carbocycles. The van der Waals surface area contributed by atoms with Crippen LogP contribution in [-0.2, 0) is 9.59 Å². The van der Waals surface area contributed by atoms with E-state index < -0.39 is 0 Å². The van der Waals surface area contributed by atoms with E-state index >= 15 is 0 Å². The average molecular weight is 327 g/mol. The van der Waals surface area contributed by atoms with Gasteiger partial charge in [0.25, 0.3) is 11.8 Å². The number of likely N-dealkylation sites (N-methyl/N-ethyl adjacent to an activating group) is 1. The highest BCUT2D eigenvalue weighted by Crippen LogP contribution is 2.32. The molecule has 0 aliphatic carbocycles. The number of thiophene rings is 1. The van der Waals surface area contributed by atoms with Gasteiger partial charge in [0.05, 0.1) is 5.57 Å². The van der Waals surface area contributed by atoms with E-state index in [2.05, 4.69) is 5.32 Å². The predicted octanol–water partition coefficient (Wildman–Crippen LogP) is 2.64. The van der Waals surface area contributed by atoms with Crippen molar-refractivity contribution in [2.75, 3.05) is 31.4 Å². The highest BCUT2D eigenvalue weighted by Gasteiger charge is 2.37. The minimum Gasteiger partial charge on any atom is -0.378 e. The Morgan fingerprint density at radius 3 is 2.30 bits per heavy atom. The van der Waals surface area contributed by atoms with Crippen molar-refractivity contribution in [3.05, 3.63) is 52.4 Å². The molecule has 1 aromatic carbocycles. The van der Waals surface area contributed by atoms with Crippen LogP contribution in [0.25, 0.3) is 5.57 Å². The summed E-state index contributed by atoms with van der Waals surface area (Å²) in [5, 5.41) is 5.00. The van der Waals surface area contributed by atoms with Crippen molar-refractivity contribution in [2.24, 2.45) is 0 Å². The first-order valence-corrected chi connectivity index (χ1v) is 8.02. The molecule has 5 nitrogen and oxygen atoms in total. The largest absolute Gasteiger partial charge is 0.378 e. The van der Waals surface area contributed by atoms with Crippen LogP contribution in [-0.4, -0.2) is 37.9 Å². The summed E-state index contributed by atoms with van der Waals surface area (Å²) in [6, 6.07) is 11.4. The first-order valence-electron chi connectivity index (χ1n) is 7.14. The lowest BCUT2D eigenvalue weighted by Gasteiger charge is -2.14. The van der Waals surface area contributed by atoms with E-state index in [1.165, 1.54) is 18.4 Å². The number of hydrogen-bond acceptors (Lipinski definition) is 5. The van der Waals surface area contributed by atoms with Crippen molar-refractivity contribution >= 4 is 40.1 Å². The first kappa shape index (κ1) is 15.3. The molecule has 118 valence electrons. The fraction of sp³-hybridized carbons (Fsp3) is 0.176. The number of hydrogen-bond donors (Lipinski definition) is 1. The van der Waals surface area contributed by atoms with E-state index in [-0.39, 0.29) is 11.8 Å². The van der Waals surface area contributed by atoms with E-state index in [1.807, 2.05) is 60.8 Å². The van der Waals surface area contributed by atoms with Crippen molar-refractivity contribution in [2.45, 2.75) is 0 Å². The number of carbonyl (C=O) groups is 2. The van der Waals surface area contributed by atoms with Crippen molar-refractivity contribution in [3.8, 4) is 0 Å². The Kier molecular flexibility index (Phi) is 3.92. The molecule has 1 aliphatic rings. The van der Waals surface area contributed by atoms with Gasteiger partial charge in [0, 0.05) is 37.4 Å². The standard InChI is InChI=1S/C17H17N3O2S/c1-19(2)12-8-6-11(7-9-12)18-15-14(13-5-4-10-23-13)16(21)20(3)17(15)22/h4-10,18H,1-3H3. The molecule has 2 amide bonds. The van der Waals surface area contributed by atoms with Gasteiger partial charge in [-0.1, -0.05) is 6.07 Å². The van der Waals surface area contributed by atoms with Crippen molar-refractivity contribution in [1.82, 2.24) is 4.90 Å². The number of benzene rings is 1. The van der Waals surface area contributed by atoms with Crippen LogP contribution >= 0.6 is 11.3 Å². The highest BCUT2D eigenvalue weighted by molar-refractivity contribution is 7.11. The lowest BCUT2D eigenvalue weighted by Crippen LogP contribution is -2.27. The second-order valence-corrected chi connectivity index (χ2v) is 6.41. The zero-order valence-electron chi connectivity index (χ0n) is 13.2. The van der Waals surface area contributed by atoms with Crippen LogP contribution < -0.4 is 10.2 Å². The third-order valence-corrected chi connectivity index (χ3v) is 4.59. The second kappa shape index (κ2) is 5.89. The van der Waals surface area contributed by atoms with Gasteiger partial charge in [-0.25, -0.2) is 0 Å². The van der Waals surface area contributed by atoms with Crippen LogP contribution in [0.1, 0.15) is 4.88 Å². The van der Waals surface area contributed by atoms with E-state index in [1.54, 1.807) is 0 Å². The zero-order chi connectivity index (χ0) is 16.6. The summed E-state index contributed by atoms with van der Waals surface area (Å²) in [5.41, 5.74) is 2.60. The lowest BCUT2D eigenvalue weighted by molar-refractivity contribution is -0.135. The second-order valence-electron chi connectivity index (χ2n) is 5.46.